The fraction of sp³-hybridized carbons (Fsp3) is 0.136. The van der Waals surface area contributed by atoms with Gasteiger partial charge in [0.05, 0.1) is 14.7 Å². The maximum absolute atomic E-state index is 13.7. The largest absolute Gasteiger partial charge is 0.454 e. The van der Waals surface area contributed by atoms with Gasteiger partial charge in [-0.3, -0.25) is 4.79 Å². The van der Waals surface area contributed by atoms with Gasteiger partial charge in [-0.15, -0.1) is 11.3 Å². The number of amides is 1. The third-order valence-corrected chi connectivity index (χ3v) is 6.85. The van der Waals surface area contributed by atoms with Gasteiger partial charge in [-0.05, 0) is 57.4 Å². The zero-order chi connectivity index (χ0) is 21.5. The molecule has 158 valence electrons. The second kappa shape index (κ2) is 7.97. The molecule has 3 heterocycles. The number of nitrogens with one attached hydrogen (secondary N) is 1. The number of hydrogen-bond acceptors (Lipinski definition) is 4. The molecular formula is C22H15BrF2N2O3S. The first-order valence-electron chi connectivity index (χ1n) is 9.36. The van der Waals surface area contributed by atoms with E-state index in [2.05, 4.69) is 21.2 Å². The number of rotatable bonds is 5. The molecule has 9 heteroatoms. The summed E-state index contributed by atoms with van der Waals surface area (Å²) in [5, 5.41) is 4.85. The number of benzene rings is 2. The second-order valence-electron chi connectivity index (χ2n) is 7.03. The number of halogens is 3. The predicted molar refractivity (Wildman–Crippen MR) is 117 cm³/mol. The molecule has 0 aliphatic carbocycles. The molecule has 5 rings (SSSR count). The number of thiophene rings is 1. The van der Waals surface area contributed by atoms with Crippen LogP contribution in [0.15, 0.2) is 52.3 Å². The van der Waals surface area contributed by atoms with Crippen LogP contribution in [0.25, 0.3) is 10.2 Å². The zero-order valence-electron chi connectivity index (χ0n) is 16.0. The Bertz CT molecular complexity index is 1320. The molecular weight excluding hydrogens is 490 g/mol. The molecule has 5 nitrogen and oxygen atoms in total. The molecule has 0 saturated heterocycles. The van der Waals surface area contributed by atoms with Crippen LogP contribution in [0.5, 0.6) is 11.5 Å². The topological polar surface area (TPSA) is 52.5 Å². The minimum absolute atomic E-state index is 0.189. The summed E-state index contributed by atoms with van der Waals surface area (Å²) in [6.07, 6.45) is 0. The third-order valence-electron chi connectivity index (χ3n) is 5.02. The molecule has 31 heavy (non-hydrogen) atoms. The Balaban J connectivity index is 1.42. The van der Waals surface area contributed by atoms with Crippen molar-refractivity contribution in [3.05, 3.63) is 80.8 Å². The van der Waals surface area contributed by atoms with Crippen LogP contribution in [-0.2, 0) is 13.1 Å². The summed E-state index contributed by atoms with van der Waals surface area (Å²) in [6.45, 7) is 0.720. The van der Waals surface area contributed by atoms with Crippen LogP contribution in [0.1, 0.15) is 21.6 Å². The van der Waals surface area contributed by atoms with Crippen LogP contribution < -0.4 is 14.8 Å². The highest BCUT2D eigenvalue weighted by molar-refractivity contribution is 9.10. The lowest BCUT2D eigenvalue weighted by molar-refractivity contribution is 0.0942. The molecule has 1 aliphatic heterocycles. The quantitative estimate of drug-likeness (QED) is 0.393. The Kier molecular flexibility index (Phi) is 5.15. The SMILES string of the molecule is O=C(NCc1ccc2c(c1)OCO2)c1cc2scc(Br)c2n1Cc1ccc(F)c(F)c1. The minimum Gasteiger partial charge on any atom is -0.454 e. The molecule has 0 bridgehead atoms. The second-order valence-corrected chi connectivity index (χ2v) is 8.80. The van der Waals surface area contributed by atoms with Gasteiger partial charge in [0.15, 0.2) is 23.1 Å². The summed E-state index contributed by atoms with van der Waals surface area (Å²) < 4.78 is 41.3. The van der Waals surface area contributed by atoms with Gasteiger partial charge in [-0.25, -0.2) is 8.78 Å². The lowest BCUT2D eigenvalue weighted by Crippen LogP contribution is -2.25. The smallest absolute Gasteiger partial charge is 0.268 e. The summed E-state index contributed by atoms with van der Waals surface area (Å²) in [5.41, 5.74) is 2.70. The Labute approximate surface area is 188 Å². The molecule has 2 aromatic carbocycles. The normalized spacial score (nSPS) is 12.5. The van der Waals surface area contributed by atoms with Gasteiger partial charge >= 0.3 is 0 Å². The number of fused-ring (bicyclic) bond motifs is 2. The monoisotopic (exact) mass is 504 g/mol. The van der Waals surface area contributed by atoms with Crippen molar-refractivity contribution < 1.29 is 23.0 Å². The zero-order valence-corrected chi connectivity index (χ0v) is 18.4. The molecule has 0 atom stereocenters. The van der Waals surface area contributed by atoms with Gasteiger partial charge in [-0.2, -0.15) is 0 Å². The Hall–Kier alpha value is -2.91. The van der Waals surface area contributed by atoms with Crippen molar-refractivity contribution in [3.63, 3.8) is 0 Å². The van der Waals surface area contributed by atoms with Gasteiger partial charge in [-0.1, -0.05) is 12.1 Å². The lowest BCUT2D eigenvalue weighted by atomic mass is 10.2. The van der Waals surface area contributed by atoms with E-state index in [9.17, 15) is 13.6 Å². The first-order chi connectivity index (χ1) is 15.0. The summed E-state index contributed by atoms with van der Waals surface area (Å²) >= 11 is 5.02. The Morgan fingerprint density at radius 2 is 1.87 bits per heavy atom. The summed E-state index contributed by atoms with van der Waals surface area (Å²) in [6, 6.07) is 11.1. The number of aromatic nitrogens is 1. The average Bonchev–Trinajstić information content (AvgIpc) is 3.46. The Morgan fingerprint density at radius 3 is 2.71 bits per heavy atom. The number of carbonyl (C=O) groups excluding carboxylic acids is 1. The summed E-state index contributed by atoms with van der Waals surface area (Å²) in [7, 11) is 0. The maximum Gasteiger partial charge on any atom is 0.268 e. The van der Waals surface area contributed by atoms with E-state index in [-0.39, 0.29) is 19.2 Å². The molecule has 1 aliphatic rings. The first kappa shape index (κ1) is 20.0. The van der Waals surface area contributed by atoms with E-state index < -0.39 is 11.6 Å². The molecule has 4 aromatic rings. The van der Waals surface area contributed by atoms with E-state index in [4.69, 9.17) is 9.47 Å². The van der Waals surface area contributed by atoms with Crippen LogP contribution in [0.2, 0.25) is 0 Å². The lowest BCUT2D eigenvalue weighted by Gasteiger charge is -2.12. The van der Waals surface area contributed by atoms with Crippen molar-refractivity contribution in [2.24, 2.45) is 0 Å². The van der Waals surface area contributed by atoms with E-state index in [0.29, 0.717) is 29.3 Å². The van der Waals surface area contributed by atoms with Crippen LogP contribution in [0, 0.1) is 11.6 Å². The van der Waals surface area contributed by atoms with Crippen LogP contribution in [0.4, 0.5) is 8.78 Å². The Morgan fingerprint density at radius 1 is 1.06 bits per heavy atom. The van der Waals surface area contributed by atoms with E-state index in [1.54, 1.807) is 10.6 Å². The molecule has 2 aromatic heterocycles. The van der Waals surface area contributed by atoms with Gasteiger partial charge in [0, 0.05) is 18.5 Å². The van der Waals surface area contributed by atoms with Gasteiger partial charge in [0.1, 0.15) is 5.69 Å². The highest BCUT2D eigenvalue weighted by Gasteiger charge is 2.20. The highest BCUT2D eigenvalue weighted by Crippen LogP contribution is 2.34. The minimum atomic E-state index is -0.918. The summed E-state index contributed by atoms with van der Waals surface area (Å²) in [5.74, 6) is -0.757. The first-order valence-corrected chi connectivity index (χ1v) is 11.0. The fourth-order valence-corrected chi connectivity index (χ4v) is 5.22. The van der Waals surface area contributed by atoms with E-state index in [0.717, 1.165) is 32.4 Å². The number of nitrogens with zero attached hydrogens (tertiary/aromatic N) is 1. The van der Waals surface area contributed by atoms with E-state index >= 15 is 0 Å². The molecule has 0 radical (unpaired) electrons. The van der Waals surface area contributed by atoms with Gasteiger partial charge in [0.2, 0.25) is 6.79 Å². The molecule has 0 unspecified atom stereocenters. The maximum atomic E-state index is 13.7. The van der Waals surface area contributed by atoms with Crippen molar-refractivity contribution in [1.29, 1.82) is 0 Å². The molecule has 1 amide bonds. The van der Waals surface area contributed by atoms with Gasteiger partial charge in [0.25, 0.3) is 5.91 Å². The van der Waals surface area contributed by atoms with Crippen LogP contribution >= 0.6 is 27.3 Å². The van der Waals surface area contributed by atoms with E-state index in [1.165, 1.54) is 17.4 Å². The average molecular weight is 505 g/mol. The van der Waals surface area contributed by atoms with Crippen LogP contribution in [-0.4, -0.2) is 17.3 Å². The van der Waals surface area contributed by atoms with E-state index in [1.807, 2.05) is 23.6 Å². The van der Waals surface area contributed by atoms with Crippen molar-refractivity contribution in [2.75, 3.05) is 6.79 Å². The number of carbonyl (C=O) groups is 1. The molecule has 1 N–H and O–H groups in total. The van der Waals surface area contributed by atoms with Crippen LogP contribution in [0.3, 0.4) is 0 Å². The fourth-order valence-electron chi connectivity index (χ4n) is 3.53. The highest BCUT2D eigenvalue weighted by atomic mass is 79.9. The standard InChI is InChI=1S/C22H15BrF2N2O3S/c23-14-10-31-20-7-17(27(21(14)20)9-13-1-3-15(24)16(25)5-13)22(28)26-8-12-2-4-18-19(6-12)30-11-29-18/h1-7,10H,8-9,11H2,(H,26,28). The molecule has 0 saturated carbocycles. The number of hydrogen-bond donors (Lipinski definition) is 1. The predicted octanol–water partition coefficient (Wildman–Crippen LogP) is 5.45. The number of ether oxygens (including phenoxy) is 2. The molecule has 0 spiro atoms. The van der Waals surface area contributed by atoms with Crippen molar-refractivity contribution in [1.82, 2.24) is 9.88 Å². The van der Waals surface area contributed by atoms with Crippen molar-refractivity contribution >= 4 is 43.4 Å². The summed E-state index contributed by atoms with van der Waals surface area (Å²) in [4.78, 5) is 13.0. The van der Waals surface area contributed by atoms with Crippen molar-refractivity contribution in [2.45, 2.75) is 13.1 Å². The van der Waals surface area contributed by atoms with Gasteiger partial charge < -0.3 is 19.4 Å². The third kappa shape index (κ3) is 3.79. The molecule has 0 fully saturated rings. The van der Waals surface area contributed by atoms with Crippen molar-refractivity contribution in [3.8, 4) is 11.5 Å².